The SMILES string of the molecule is O=P(O)(O)CN(Cc1cc(C#Cc2ccc(Br)c3ccccc23)cc(CN(CP(=O)(O)O)CP(=O)(O)O)n1)CP(=O)(O)O. The van der Waals surface area contributed by atoms with Crippen LogP contribution in [0.2, 0.25) is 0 Å². The zero-order valence-corrected chi connectivity index (χ0v) is 27.2. The second-order valence-electron chi connectivity index (χ2n) is 9.61. The van der Waals surface area contributed by atoms with Gasteiger partial charge in [0.2, 0.25) is 0 Å². The highest BCUT2D eigenvalue weighted by atomic mass is 79.9. The van der Waals surface area contributed by atoms with Crippen LogP contribution in [0, 0.1) is 11.8 Å². The van der Waals surface area contributed by atoms with Gasteiger partial charge in [-0.15, -0.1) is 0 Å². The first kappa shape index (κ1) is 35.9. The highest BCUT2D eigenvalue weighted by molar-refractivity contribution is 9.10. The normalized spacial score (nSPS) is 13.0. The summed E-state index contributed by atoms with van der Waals surface area (Å²) in [4.78, 5) is 81.4. The Hall–Kier alpha value is -1.59. The van der Waals surface area contributed by atoms with E-state index in [2.05, 4.69) is 32.8 Å². The number of halogens is 1. The van der Waals surface area contributed by atoms with E-state index in [1.807, 2.05) is 24.3 Å². The third-order valence-corrected chi connectivity index (χ3v) is 9.22. The molecule has 234 valence electrons. The number of rotatable bonds is 12. The van der Waals surface area contributed by atoms with E-state index in [1.165, 1.54) is 12.1 Å². The van der Waals surface area contributed by atoms with Crippen LogP contribution in [-0.2, 0) is 31.3 Å². The predicted octanol–water partition coefficient (Wildman–Crippen LogP) is 2.54. The minimum Gasteiger partial charge on any atom is -0.324 e. The smallest absolute Gasteiger partial charge is 0.324 e. The molecule has 43 heavy (non-hydrogen) atoms. The maximum absolute atomic E-state index is 11.7. The van der Waals surface area contributed by atoms with Gasteiger partial charge in [0.25, 0.3) is 0 Å². The maximum Gasteiger partial charge on any atom is 0.339 e. The number of aromatic nitrogens is 1. The Kier molecular flexibility index (Phi) is 11.9. The fourth-order valence-corrected chi connectivity index (χ4v) is 7.86. The number of hydrogen-bond acceptors (Lipinski definition) is 7. The van der Waals surface area contributed by atoms with Crippen LogP contribution in [0.1, 0.15) is 22.5 Å². The van der Waals surface area contributed by atoms with E-state index < -0.39 is 68.6 Å². The lowest BCUT2D eigenvalue weighted by molar-refractivity contribution is 0.268. The summed E-state index contributed by atoms with van der Waals surface area (Å²) in [6, 6.07) is 13.8. The molecule has 0 spiro atoms. The number of hydrogen-bond donors (Lipinski definition) is 8. The first-order valence-electron chi connectivity index (χ1n) is 12.0. The maximum atomic E-state index is 11.7. The molecule has 0 aliphatic rings. The molecule has 0 fully saturated rings. The summed E-state index contributed by atoms with van der Waals surface area (Å²) in [6.07, 6.45) is -4.06. The van der Waals surface area contributed by atoms with E-state index in [0.717, 1.165) is 25.0 Å². The third kappa shape index (κ3) is 13.1. The van der Waals surface area contributed by atoms with Gasteiger partial charge in [0.05, 0.1) is 11.4 Å². The van der Waals surface area contributed by atoms with E-state index in [4.69, 9.17) is 0 Å². The summed E-state index contributed by atoms with van der Waals surface area (Å²) >= 11 is 3.49. The van der Waals surface area contributed by atoms with Crippen LogP contribution < -0.4 is 0 Å². The molecule has 0 atom stereocenters. The van der Waals surface area contributed by atoms with Gasteiger partial charge in [-0.2, -0.15) is 0 Å². The zero-order valence-electron chi connectivity index (χ0n) is 22.1. The first-order chi connectivity index (χ1) is 19.7. The number of benzene rings is 2. The summed E-state index contributed by atoms with van der Waals surface area (Å²) in [5.74, 6) is 5.96. The lowest BCUT2D eigenvalue weighted by Crippen LogP contribution is -2.28. The second-order valence-corrected chi connectivity index (χ2v) is 16.9. The van der Waals surface area contributed by atoms with Crippen molar-refractivity contribution >= 4 is 57.1 Å². The first-order valence-corrected chi connectivity index (χ1v) is 20.0. The van der Waals surface area contributed by atoms with Gasteiger partial charge in [-0.05, 0) is 35.0 Å². The highest BCUT2D eigenvalue weighted by Crippen LogP contribution is 2.42. The van der Waals surface area contributed by atoms with E-state index in [0.29, 0.717) is 5.56 Å². The van der Waals surface area contributed by atoms with E-state index in [-0.39, 0.29) is 17.0 Å². The molecule has 0 radical (unpaired) electrons. The van der Waals surface area contributed by atoms with Gasteiger partial charge in [0.15, 0.2) is 0 Å². The molecule has 2 aromatic carbocycles. The standard InChI is InChI=1S/C23H28BrN3O12P4/c24-23-8-7-18(21-3-1-2-4-22(21)23)6-5-17-9-19(11-26(13-40(28,29)30)14-41(31,32)33)25-20(10-17)12-27(15-42(34,35)36)16-43(37,38)39/h1-4,7-10H,11-16H2,(H2,28,29,30)(H2,31,32,33)(H2,34,35,36)(H2,37,38,39). The van der Waals surface area contributed by atoms with Crippen molar-refractivity contribution in [2.45, 2.75) is 13.1 Å². The summed E-state index contributed by atoms with van der Waals surface area (Å²) in [7, 11) is -19.1. The summed E-state index contributed by atoms with van der Waals surface area (Å²) in [5.41, 5.74) is 0.938. The Morgan fingerprint density at radius 3 is 1.47 bits per heavy atom. The fraction of sp³-hybridized carbons (Fsp3) is 0.261. The highest BCUT2D eigenvalue weighted by Gasteiger charge is 2.28. The molecule has 0 unspecified atom stereocenters. The van der Waals surface area contributed by atoms with Crippen molar-refractivity contribution in [2.75, 3.05) is 25.1 Å². The molecule has 0 saturated carbocycles. The molecule has 20 heteroatoms. The molecule has 0 aliphatic heterocycles. The Balaban J connectivity index is 2.10. The van der Waals surface area contributed by atoms with Crippen LogP contribution in [0.4, 0.5) is 0 Å². The quantitative estimate of drug-likeness (QED) is 0.0981. The van der Waals surface area contributed by atoms with Crippen LogP contribution in [0.5, 0.6) is 0 Å². The van der Waals surface area contributed by atoms with Crippen LogP contribution in [-0.4, -0.2) is 79.1 Å². The van der Waals surface area contributed by atoms with Crippen molar-refractivity contribution in [3.8, 4) is 11.8 Å². The minimum absolute atomic E-state index is 0.0247. The summed E-state index contributed by atoms with van der Waals surface area (Å²) in [5, 5.41) is 1.71. The van der Waals surface area contributed by atoms with E-state index in [9.17, 15) is 57.4 Å². The average Bonchev–Trinajstić information content (AvgIpc) is 2.79. The van der Waals surface area contributed by atoms with Crippen LogP contribution >= 0.6 is 46.3 Å². The van der Waals surface area contributed by atoms with Gasteiger partial charge in [-0.1, -0.05) is 52.0 Å². The van der Waals surface area contributed by atoms with Crippen LogP contribution in [0.3, 0.4) is 0 Å². The lowest BCUT2D eigenvalue weighted by atomic mass is 10.0. The molecule has 0 saturated heterocycles. The van der Waals surface area contributed by atoms with Gasteiger partial charge < -0.3 is 39.1 Å². The van der Waals surface area contributed by atoms with Crippen molar-refractivity contribution in [1.29, 1.82) is 0 Å². The Bertz CT molecular complexity index is 1620. The molecule has 0 amide bonds. The molecular formula is C23H28BrN3O12P4. The molecule has 8 N–H and O–H groups in total. The molecular weight excluding hydrogens is 714 g/mol. The molecule has 15 nitrogen and oxygen atoms in total. The Morgan fingerprint density at radius 1 is 0.628 bits per heavy atom. The molecule has 1 aromatic heterocycles. The largest absolute Gasteiger partial charge is 0.339 e. The van der Waals surface area contributed by atoms with Gasteiger partial charge in [-0.3, -0.25) is 33.0 Å². The van der Waals surface area contributed by atoms with Gasteiger partial charge in [0.1, 0.15) is 25.1 Å². The Morgan fingerprint density at radius 2 is 1.05 bits per heavy atom. The minimum atomic E-state index is -4.78. The number of nitrogens with zero attached hydrogens (tertiary/aromatic N) is 3. The van der Waals surface area contributed by atoms with E-state index >= 15 is 0 Å². The van der Waals surface area contributed by atoms with Crippen molar-refractivity contribution in [1.82, 2.24) is 14.8 Å². The topological polar surface area (TPSA) is 249 Å². The predicted molar refractivity (Wildman–Crippen MR) is 161 cm³/mol. The fourth-order valence-electron chi connectivity index (χ4n) is 4.18. The lowest BCUT2D eigenvalue weighted by Gasteiger charge is -2.24. The van der Waals surface area contributed by atoms with Crippen molar-refractivity contribution < 1.29 is 57.4 Å². The van der Waals surface area contributed by atoms with Gasteiger partial charge in [0, 0.05) is 28.7 Å². The molecule has 0 bridgehead atoms. The average molecular weight is 742 g/mol. The third-order valence-electron chi connectivity index (χ3n) is 5.45. The summed E-state index contributed by atoms with van der Waals surface area (Å²) < 4.78 is 47.5. The van der Waals surface area contributed by atoms with Crippen LogP contribution in [0.15, 0.2) is 53.0 Å². The number of fused-ring (bicyclic) bond motifs is 1. The molecule has 0 aliphatic carbocycles. The van der Waals surface area contributed by atoms with E-state index in [1.54, 1.807) is 12.1 Å². The Labute approximate surface area is 254 Å². The van der Waals surface area contributed by atoms with Gasteiger partial charge >= 0.3 is 30.4 Å². The van der Waals surface area contributed by atoms with Crippen molar-refractivity contribution in [3.63, 3.8) is 0 Å². The second kappa shape index (κ2) is 14.2. The van der Waals surface area contributed by atoms with Crippen LogP contribution in [0.25, 0.3) is 10.8 Å². The zero-order chi connectivity index (χ0) is 32.2. The molecule has 1 heterocycles. The number of pyridine rings is 1. The molecule has 3 rings (SSSR count). The van der Waals surface area contributed by atoms with Crippen molar-refractivity contribution in [2.24, 2.45) is 0 Å². The molecule has 3 aromatic rings. The van der Waals surface area contributed by atoms with Crippen molar-refractivity contribution in [3.05, 3.63) is 75.5 Å². The monoisotopic (exact) mass is 741 g/mol. The summed E-state index contributed by atoms with van der Waals surface area (Å²) in [6.45, 7) is -0.951. The van der Waals surface area contributed by atoms with Gasteiger partial charge in [-0.25, -0.2) is 0 Å².